The Morgan fingerprint density at radius 2 is 1.92 bits per heavy atom. The zero-order chi connectivity index (χ0) is 26.8. The number of nitrogen functional groups attached to an aromatic ring is 2. The molecule has 0 radical (unpaired) electrons. The Hall–Kier alpha value is -4.02. The van der Waals surface area contributed by atoms with E-state index in [1.54, 1.807) is 17.8 Å². The fourth-order valence-corrected chi connectivity index (χ4v) is 6.35. The van der Waals surface area contributed by atoms with Gasteiger partial charge in [0.1, 0.15) is 17.1 Å². The number of nitrogens with zero attached hydrogens (tertiary/aromatic N) is 5. The number of fused-ring (bicyclic) bond motifs is 1. The summed E-state index contributed by atoms with van der Waals surface area (Å²) in [5, 5.41) is 21.8. The molecule has 2 amide bonds. The number of hydrogen-bond donors (Lipinski definition) is 3. The molecular weight excluding hydrogens is 552 g/mol. The number of carbonyl (C=O) groups excluding carboxylic acids is 3. The summed E-state index contributed by atoms with van der Waals surface area (Å²) in [5.41, 5.74) is 12.2. The first kappa shape index (κ1) is 25.6. The second-order valence-corrected chi connectivity index (χ2v) is 11.0. The summed E-state index contributed by atoms with van der Waals surface area (Å²) in [7, 11) is 0. The molecular formula is C22H20N8O5S3. The molecule has 3 aromatic rings. The highest BCUT2D eigenvalue weighted by Crippen LogP contribution is 2.40. The fourth-order valence-electron chi connectivity index (χ4n) is 3.92. The van der Waals surface area contributed by atoms with E-state index in [0.29, 0.717) is 22.2 Å². The maximum atomic E-state index is 13.2. The van der Waals surface area contributed by atoms with E-state index in [-0.39, 0.29) is 35.4 Å². The Bertz CT molecular complexity index is 1450. The molecule has 1 saturated heterocycles. The van der Waals surface area contributed by atoms with Crippen molar-refractivity contribution >= 4 is 68.2 Å². The summed E-state index contributed by atoms with van der Waals surface area (Å²) in [4.78, 5) is 52.9. The number of nitrogens with two attached hydrogens (primary N) is 2. The molecule has 196 valence electrons. The van der Waals surface area contributed by atoms with Crippen LogP contribution in [-0.4, -0.2) is 55.5 Å². The van der Waals surface area contributed by atoms with Crippen LogP contribution in [0.2, 0.25) is 0 Å². The van der Waals surface area contributed by atoms with Gasteiger partial charge >= 0.3 is 0 Å². The predicted octanol–water partition coefficient (Wildman–Crippen LogP) is -0.923. The molecule has 0 saturated carbocycles. The highest BCUT2D eigenvalue weighted by molar-refractivity contribution is 8.00. The molecule has 0 aliphatic carbocycles. The molecule has 13 nitrogen and oxygen atoms in total. The van der Waals surface area contributed by atoms with Crippen LogP contribution < -0.4 is 26.5 Å². The number of carboxylic acid groups (broad SMARTS) is 1. The van der Waals surface area contributed by atoms with Crippen LogP contribution in [0.3, 0.4) is 0 Å². The zero-order valence-corrected chi connectivity index (χ0v) is 21.9. The standard InChI is InChI=1S/C22H20N8O5S3/c23-21-25-12(9-37-21)7-35-28-14(13-10-38-22(24)26-13)17(31)27-15-18(32)30-16(20(33)34)11(8-36-19(15)30)6-29-4-2-1-3-5-29/h1-5,9-10,15,19H,6-8H2,(H5-,23,24,25,26,27,31,33,34)/b28-14-/t15?,19-/m0/s1. The number of anilines is 2. The van der Waals surface area contributed by atoms with Crippen molar-refractivity contribution in [2.75, 3.05) is 17.2 Å². The fraction of sp³-hybridized carbons (Fsp3) is 0.227. The number of aliphatic carboxylic acids is 1. The van der Waals surface area contributed by atoms with Gasteiger partial charge in [0, 0.05) is 34.2 Å². The van der Waals surface area contributed by atoms with E-state index < -0.39 is 29.2 Å². The van der Waals surface area contributed by atoms with E-state index in [0.717, 1.165) is 16.2 Å². The molecule has 38 heavy (non-hydrogen) atoms. The Balaban J connectivity index is 1.32. The zero-order valence-electron chi connectivity index (χ0n) is 19.5. The second kappa shape index (κ2) is 10.8. The van der Waals surface area contributed by atoms with Crippen molar-refractivity contribution in [2.24, 2.45) is 5.16 Å². The van der Waals surface area contributed by atoms with Gasteiger partial charge in [-0.2, -0.15) is 0 Å². The average Bonchev–Trinajstić information content (AvgIpc) is 3.52. The van der Waals surface area contributed by atoms with Gasteiger partial charge in [0.2, 0.25) is 0 Å². The van der Waals surface area contributed by atoms with E-state index in [9.17, 15) is 19.5 Å². The number of carboxylic acids is 1. The quantitative estimate of drug-likeness (QED) is 0.125. The number of rotatable bonds is 9. The van der Waals surface area contributed by atoms with Gasteiger partial charge in [0.05, 0.1) is 17.4 Å². The molecule has 0 spiro atoms. The highest BCUT2D eigenvalue weighted by atomic mass is 32.2. The predicted molar refractivity (Wildman–Crippen MR) is 138 cm³/mol. The summed E-state index contributed by atoms with van der Waals surface area (Å²) < 4.78 is 1.81. The minimum atomic E-state index is -1.45. The Kier molecular flexibility index (Phi) is 7.26. The molecule has 5 N–H and O–H groups in total. The van der Waals surface area contributed by atoms with Crippen molar-refractivity contribution in [2.45, 2.75) is 24.6 Å². The first-order valence-electron chi connectivity index (χ1n) is 11.1. The summed E-state index contributed by atoms with van der Waals surface area (Å²) >= 11 is 3.69. The van der Waals surface area contributed by atoms with Crippen LogP contribution in [0.4, 0.5) is 10.3 Å². The molecule has 1 unspecified atom stereocenters. The summed E-state index contributed by atoms with van der Waals surface area (Å²) in [6, 6.07) is 4.51. The van der Waals surface area contributed by atoms with Crippen LogP contribution in [0.1, 0.15) is 11.4 Å². The van der Waals surface area contributed by atoms with Crippen LogP contribution in [0.25, 0.3) is 0 Å². The van der Waals surface area contributed by atoms with Gasteiger partial charge < -0.3 is 31.5 Å². The lowest BCUT2D eigenvalue weighted by molar-refractivity contribution is -0.689. The first-order valence-corrected chi connectivity index (χ1v) is 13.9. The third-order valence-corrected chi connectivity index (χ3v) is 8.33. The van der Waals surface area contributed by atoms with Gasteiger partial charge in [-0.1, -0.05) is 11.2 Å². The van der Waals surface area contributed by atoms with E-state index in [1.807, 2.05) is 22.8 Å². The number of nitrogens with one attached hydrogen (secondary N) is 1. The lowest BCUT2D eigenvalue weighted by Crippen LogP contribution is -2.71. The van der Waals surface area contributed by atoms with Crippen molar-refractivity contribution in [3.8, 4) is 0 Å². The number of carbonyl (C=O) groups is 3. The van der Waals surface area contributed by atoms with Crippen LogP contribution in [0.15, 0.2) is 57.8 Å². The second-order valence-electron chi connectivity index (χ2n) is 8.11. The molecule has 2 aliphatic rings. The molecule has 1 fully saturated rings. The topological polar surface area (TPSA) is 193 Å². The smallest absolute Gasteiger partial charge is 0.276 e. The maximum absolute atomic E-state index is 13.2. The number of pyridine rings is 1. The number of oxime groups is 1. The molecule has 0 bridgehead atoms. The molecule has 2 atom stereocenters. The van der Waals surface area contributed by atoms with E-state index >= 15 is 0 Å². The Morgan fingerprint density at radius 3 is 2.58 bits per heavy atom. The SMILES string of the molecule is Nc1nc(CO/N=C(\C(=O)NC2C(=O)N3C(C(=O)[O-])=C(C[n+]4ccccc4)CS[C@@H]23)c2csc(N)n2)cs1. The first-order chi connectivity index (χ1) is 18.3. The van der Waals surface area contributed by atoms with Crippen molar-refractivity contribution in [1.29, 1.82) is 0 Å². The van der Waals surface area contributed by atoms with Gasteiger partial charge in [-0.05, 0) is 0 Å². The Morgan fingerprint density at radius 1 is 1.18 bits per heavy atom. The van der Waals surface area contributed by atoms with Gasteiger partial charge in [0.25, 0.3) is 11.8 Å². The summed E-state index contributed by atoms with van der Waals surface area (Å²) in [5.74, 6) is -2.40. The van der Waals surface area contributed by atoms with Crippen molar-refractivity contribution in [1.82, 2.24) is 20.2 Å². The van der Waals surface area contributed by atoms with Crippen molar-refractivity contribution < 1.29 is 28.9 Å². The van der Waals surface area contributed by atoms with Crippen LogP contribution in [0, 0.1) is 0 Å². The van der Waals surface area contributed by atoms with Crippen molar-refractivity contribution in [3.05, 3.63) is 64.0 Å². The number of aromatic nitrogens is 3. The number of β-lactam (4-membered cyclic amide) rings is 1. The van der Waals surface area contributed by atoms with Crippen molar-refractivity contribution in [3.63, 3.8) is 0 Å². The number of thiazole rings is 2. The summed E-state index contributed by atoms with van der Waals surface area (Å²) in [6.45, 7) is 0.245. The third kappa shape index (κ3) is 5.18. The highest BCUT2D eigenvalue weighted by Gasteiger charge is 2.53. The minimum Gasteiger partial charge on any atom is -0.543 e. The van der Waals surface area contributed by atoms with Crippen LogP contribution in [0.5, 0.6) is 0 Å². The molecule has 2 aliphatic heterocycles. The largest absolute Gasteiger partial charge is 0.543 e. The molecule has 5 rings (SSSR count). The Labute approximate surface area is 227 Å². The molecule has 0 aromatic carbocycles. The van der Waals surface area contributed by atoms with Gasteiger partial charge in [-0.25, -0.2) is 14.5 Å². The minimum absolute atomic E-state index is 0.0410. The van der Waals surface area contributed by atoms with E-state index in [1.165, 1.54) is 28.5 Å². The lowest BCUT2D eigenvalue weighted by atomic mass is 10.0. The maximum Gasteiger partial charge on any atom is 0.276 e. The normalized spacial score (nSPS) is 19.1. The number of thioether (sulfide) groups is 1. The third-order valence-electron chi connectivity index (χ3n) is 5.60. The molecule has 5 heterocycles. The number of hydrogen-bond acceptors (Lipinski definition) is 13. The van der Waals surface area contributed by atoms with Crippen LogP contribution >= 0.6 is 34.4 Å². The molecule has 16 heteroatoms. The van der Waals surface area contributed by atoms with E-state index in [2.05, 4.69) is 20.4 Å². The average molecular weight is 573 g/mol. The monoisotopic (exact) mass is 572 g/mol. The lowest BCUT2D eigenvalue weighted by Gasteiger charge is -2.50. The van der Waals surface area contributed by atoms with Crippen LogP contribution in [-0.2, 0) is 32.4 Å². The van der Waals surface area contributed by atoms with E-state index in [4.69, 9.17) is 16.3 Å². The molecule has 3 aromatic heterocycles. The van der Waals surface area contributed by atoms with Gasteiger partial charge in [0.15, 0.2) is 41.5 Å². The van der Waals surface area contributed by atoms with Gasteiger partial charge in [-0.3, -0.25) is 14.5 Å². The summed E-state index contributed by atoms with van der Waals surface area (Å²) in [6.07, 6.45) is 3.60. The number of amides is 2. The van der Waals surface area contributed by atoms with Gasteiger partial charge in [-0.15, -0.1) is 34.4 Å².